The molecule has 1 amide bonds. The third-order valence-electron chi connectivity index (χ3n) is 4.24. The van der Waals surface area contributed by atoms with Crippen molar-refractivity contribution in [3.05, 3.63) is 29.3 Å². The Kier molecular flexibility index (Phi) is 5.01. The van der Waals surface area contributed by atoms with Crippen LogP contribution >= 0.6 is 0 Å². The van der Waals surface area contributed by atoms with Crippen LogP contribution in [0, 0.1) is 11.3 Å². The average Bonchev–Trinajstić information content (AvgIpc) is 2.92. The number of ether oxygens (including phenoxy) is 2. The molecule has 2 N–H and O–H groups in total. The fourth-order valence-electron chi connectivity index (χ4n) is 3.07. The molecule has 1 heterocycles. The number of nitrogens with zero attached hydrogens (tertiary/aromatic N) is 2. The Morgan fingerprint density at radius 2 is 2.27 bits per heavy atom. The highest BCUT2D eigenvalue weighted by Gasteiger charge is 2.46. The maximum absolute atomic E-state index is 12.0. The Labute approximate surface area is 130 Å². The first-order valence-corrected chi connectivity index (χ1v) is 7.18. The number of benzene rings is 1. The Bertz CT molecular complexity index is 597. The molecule has 1 unspecified atom stereocenters. The van der Waals surface area contributed by atoms with Crippen LogP contribution < -0.4 is 10.5 Å². The average molecular weight is 303 g/mol. The van der Waals surface area contributed by atoms with E-state index in [9.17, 15) is 4.79 Å². The van der Waals surface area contributed by atoms with Gasteiger partial charge in [-0.15, -0.1) is 0 Å². The second-order valence-corrected chi connectivity index (χ2v) is 5.49. The molecule has 1 fully saturated rings. The predicted molar refractivity (Wildman–Crippen MR) is 81.2 cm³/mol. The molecule has 0 aromatic heterocycles. The zero-order valence-corrected chi connectivity index (χ0v) is 13.0. The van der Waals surface area contributed by atoms with Crippen molar-refractivity contribution in [2.24, 2.45) is 5.73 Å². The summed E-state index contributed by atoms with van der Waals surface area (Å²) in [4.78, 5) is 14.0. The van der Waals surface area contributed by atoms with Crippen molar-refractivity contribution in [1.29, 1.82) is 5.26 Å². The number of carbonyl (C=O) groups is 1. The normalized spacial score (nSPS) is 21.5. The van der Waals surface area contributed by atoms with E-state index in [2.05, 4.69) is 6.07 Å². The molecule has 22 heavy (non-hydrogen) atoms. The van der Waals surface area contributed by atoms with Crippen LogP contribution in [0.2, 0.25) is 0 Å². The van der Waals surface area contributed by atoms with Gasteiger partial charge in [0.25, 0.3) is 0 Å². The summed E-state index contributed by atoms with van der Waals surface area (Å²) in [6, 6.07) is 7.39. The van der Waals surface area contributed by atoms with E-state index in [0.717, 1.165) is 18.5 Å². The number of hydrogen-bond donors (Lipinski definition) is 1. The SMILES string of the molecule is COCC1(C(N)=O)CCCN1Cc1ccc(C#N)cc1OC. The monoisotopic (exact) mass is 303 g/mol. The molecule has 0 aliphatic carbocycles. The number of rotatable bonds is 6. The summed E-state index contributed by atoms with van der Waals surface area (Å²) < 4.78 is 10.6. The first-order valence-electron chi connectivity index (χ1n) is 7.18. The molecule has 0 saturated carbocycles. The number of hydrogen-bond acceptors (Lipinski definition) is 5. The molecular formula is C16H21N3O3. The van der Waals surface area contributed by atoms with Crippen LogP contribution in [0.4, 0.5) is 0 Å². The zero-order chi connectivity index (χ0) is 16.2. The van der Waals surface area contributed by atoms with Gasteiger partial charge in [0, 0.05) is 19.2 Å². The Morgan fingerprint density at radius 1 is 1.50 bits per heavy atom. The molecule has 1 aromatic rings. The number of nitrogens with two attached hydrogens (primary N) is 1. The number of amides is 1. The van der Waals surface area contributed by atoms with Crippen LogP contribution in [0.25, 0.3) is 0 Å². The highest BCUT2D eigenvalue weighted by atomic mass is 16.5. The standard InChI is InChI=1S/C16H21N3O3/c1-21-11-16(15(18)20)6-3-7-19(16)10-13-5-4-12(9-17)8-14(13)22-2/h4-5,8H,3,6-7,10-11H2,1-2H3,(H2,18,20). The van der Waals surface area contributed by atoms with Gasteiger partial charge in [0.15, 0.2) is 0 Å². The van der Waals surface area contributed by atoms with E-state index in [0.29, 0.717) is 24.3 Å². The summed E-state index contributed by atoms with van der Waals surface area (Å²) in [5, 5.41) is 8.96. The minimum atomic E-state index is -0.770. The minimum Gasteiger partial charge on any atom is -0.496 e. The van der Waals surface area contributed by atoms with Gasteiger partial charge in [-0.1, -0.05) is 6.07 Å². The molecule has 1 saturated heterocycles. The molecule has 1 aliphatic rings. The number of primary amides is 1. The van der Waals surface area contributed by atoms with Gasteiger partial charge in [-0.2, -0.15) is 5.26 Å². The summed E-state index contributed by atoms with van der Waals surface area (Å²) in [6.07, 6.45) is 1.58. The third kappa shape index (κ3) is 2.91. The molecule has 1 aliphatic heterocycles. The Balaban J connectivity index is 2.29. The molecule has 0 bridgehead atoms. The van der Waals surface area contributed by atoms with Crippen LogP contribution in [0.3, 0.4) is 0 Å². The summed E-state index contributed by atoms with van der Waals surface area (Å²) in [7, 11) is 3.14. The lowest BCUT2D eigenvalue weighted by atomic mass is 9.95. The molecule has 0 spiro atoms. The van der Waals surface area contributed by atoms with Crippen LogP contribution in [0.5, 0.6) is 5.75 Å². The summed E-state index contributed by atoms with van der Waals surface area (Å²) >= 11 is 0. The molecule has 1 atom stereocenters. The van der Waals surface area contributed by atoms with E-state index in [1.807, 2.05) is 11.0 Å². The molecule has 2 rings (SSSR count). The molecule has 0 radical (unpaired) electrons. The molecule has 6 nitrogen and oxygen atoms in total. The van der Waals surface area contributed by atoms with Crippen LogP contribution in [0.1, 0.15) is 24.0 Å². The lowest BCUT2D eigenvalue weighted by molar-refractivity contribution is -0.132. The lowest BCUT2D eigenvalue weighted by Crippen LogP contribution is -2.56. The third-order valence-corrected chi connectivity index (χ3v) is 4.24. The zero-order valence-electron chi connectivity index (χ0n) is 13.0. The first-order chi connectivity index (χ1) is 10.6. The van der Waals surface area contributed by atoms with E-state index < -0.39 is 5.54 Å². The maximum atomic E-state index is 12.0. The minimum absolute atomic E-state index is 0.279. The number of methoxy groups -OCH3 is 2. The predicted octanol–water partition coefficient (Wildman–Crippen LogP) is 1.03. The van der Waals surface area contributed by atoms with Gasteiger partial charge in [0.05, 0.1) is 25.3 Å². The number of likely N-dealkylation sites (tertiary alicyclic amines) is 1. The van der Waals surface area contributed by atoms with Crippen LogP contribution in [-0.4, -0.2) is 43.7 Å². The molecular weight excluding hydrogens is 282 g/mol. The van der Waals surface area contributed by atoms with E-state index in [4.69, 9.17) is 20.5 Å². The Hall–Kier alpha value is -2.10. The van der Waals surface area contributed by atoms with Crippen molar-refractivity contribution in [2.75, 3.05) is 27.4 Å². The molecule has 1 aromatic carbocycles. The summed E-state index contributed by atoms with van der Waals surface area (Å²) in [5.41, 5.74) is 6.34. The van der Waals surface area contributed by atoms with E-state index in [1.165, 1.54) is 0 Å². The van der Waals surface area contributed by atoms with Crippen molar-refractivity contribution >= 4 is 5.91 Å². The first kappa shape index (κ1) is 16.3. The van der Waals surface area contributed by atoms with Crippen molar-refractivity contribution in [3.8, 4) is 11.8 Å². The highest BCUT2D eigenvalue weighted by molar-refractivity contribution is 5.85. The van der Waals surface area contributed by atoms with Gasteiger partial charge in [0.2, 0.25) is 5.91 Å². The number of carbonyl (C=O) groups excluding carboxylic acids is 1. The smallest absolute Gasteiger partial charge is 0.240 e. The van der Waals surface area contributed by atoms with Gasteiger partial charge in [-0.25, -0.2) is 0 Å². The van der Waals surface area contributed by atoms with Crippen LogP contribution in [0.15, 0.2) is 18.2 Å². The Morgan fingerprint density at radius 3 is 2.86 bits per heavy atom. The fraction of sp³-hybridized carbons (Fsp3) is 0.500. The summed E-state index contributed by atoms with van der Waals surface area (Å²) in [6.45, 7) is 1.58. The van der Waals surface area contributed by atoms with E-state index >= 15 is 0 Å². The largest absolute Gasteiger partial charge is 0.496 e. The van der Waals surface area contributed by atoms with E-state index in [1.54, 1.807) is 26.4 Å². The lowest BCUT2D eigenvalue weighted by Gasteiger charge is -2.35. The van der Waals surface area contributed by atoms with Crippen molar-refractivity contribution in [1.82, 2.24) is 4.90 Å². The van der Waals surface area contributed by atoms with Crippen molar-refractivity contribution in [2.45, 2.75) is 24.9 Å². The second-order valence-electron chi connectivity index (χ2n) is 5.49. The molecule has 118 valence electrons. The van der Waals surface area contributed by atoms with Crippen molar-refractivity contribution in [3.63, 3.8) is 0 Å². The molecule has 6 heteroatoms. The van der Waals surface area contributed by atoms with E-state index in [-0.39, 0.29) is 12.5 Å². The van der Waals surface area contributed by atoms with Crippen molar-refractivity contribution < 1.29 is 14.3 Å². The van der Waals surface area contributed by atoms with Gasteiger partial charge in [-0.3, -0.25) is 9.69 Å². The van der Waals surface area contributed by atoms with Gasteiger partial charge in [0.1, 0.15) is 11.3 Å². The van der Waals surface area contributed by atoms with Gasteiger partial charge >= 0.3 is 0 Å². The van der Waals surface area contributed by atoms with Crippen LogP contribution in [-0.2, 0) is 16.1 Å². The van der Waals surface area contributed by atoms with Gasteiger partial charge < -0.3 is 15.2 Å². The van der Waals surface area contributed by atoms with Gasteiger partial charge in [-0.05, 0) is 31.5 Å². The maximum Gasteiger partial charge on any atom is 0.240 e. The number of nitriles is 1. The highest BCUT2D eigenvalue weighted by Crippen LogP contribution is 2.33. The topological polar surface area (TPSA) is 88.6 Å². The quantitative estimate of drug-likeness (QED) is 0.848. The summed E-state index contributed by atoms with van der Waals surface area (Å²) in [5.74, 6) is 0.279. The fourth-order valence-corrected chi connectivity index (χ4v) is 3.07. The second kappa shape index (κ2) is 6.77.